The molecule has 5 heteroatoms. The molecule has 0 fully saturated rings. The Balaban J connectivity index is 2.24. The Labute approximate surface area is 105 Å². The minimum atomic E-state index is -0.943. The summed E-state index contributed by atoms with van der Waals surface area (Å²) in [6.45, 7) is 0. The highest BCUT2D eigenvalue weighted by Crippen LogP contribution is 2.13. The number of aryl methyl sites for hydroxylation is 1. The van der Waals surface area contributed by atoms with Gasteiger partial charge in [0.2, 0.25) is 0 Å². The van der Waals surface area contributed by atoms with Gasteiger partial charge in [0.1, 0.15) is 11.8 Å². The first kappa shape index (κ1) is 13.9. The summed E-state index contributed by atoms with van der Waals surface area (Å²) in [4.78, 5) is 10.5. The van der Waals surface area contributed by atoms with Crippen molar-refractivity contribution in [3.05, 3.63) is 29.8 Å². The summed E-state index contributed by atoms with van der Waals surface area (Å²) in [5, 5.41) is 8.60. The summed E-state index contributed by atoms with van der Waals surface area (Å²) in [6.07, 6.45) is 0.904. The first-order valence-corrected chi connectivity index (χ1v) is 6.48. The maximum absolute atomic E-state index is 10.5. The van der Waals surface area contributed by atoms with Gasteiger partial charge in [0, 0.05) is 5.75 Å². The van der Waals surface area contributed by atoms with Crippen molar-refractivity contribution in [3.8, 4) is 5.75 Å². The number of hydrogen-bond donors (Lipinski definition) is 2. The Morgan fingerprint density at radius 3 is 2.65 bits per heavy atom. The fourth-order valence-electron chi connectivity index (χ4n) is 1.26. The number of carboxylic acid groups (broad SMARTS) is 1. The van der Waals surface area contributed by atoms with Crippen molar-refractivity contribution in [2.75, 3.05) is 18.6 Å². The van der Waals surface area contributed by atoms with E-state index in [4.69, 9.17) is 15.6 Å². The van der Waals surface area contributed by atoms with Gasteiger partial charge in [0.05, 0.1) is 7.11 Å². The smallest absolute Gasteiger partial charge is 0.321 e. The van der Waals surface area contributed by atoms with Gasteiger partial charge < -0.3 is 15.6 Å². The van der Waals surface area contributed by atoms with E-state index in [1.807, 2.05) is 24.3 Å². The third kappa shape index (κ3) is 5.10. The van der Waals surface area contributed by atoms with Crippen LogP contribution in [0.3, 0.4) is 0 Å². The number of ether oxygens (including phenoxy) is 1. The molecule has 4 nitrogen and oxygen atoms in total. The number of hydrogen-bond acceptors (Lipinski definition) is 4. The fraction of sp³-hybridized carbons (Fsp3) is 0.417. The van der Waals surface area contributed by atoms with Crippen LogP contribution < -0.4 is 10.5 Å². The zero-order chi connectivity index (χ0) is 12.7. The van der Waals surface area contributed by atoms with Crippen LogP contribution in [0.5, 0.6) is 5.75 Å². The maximum Gasteiger partial charge on any atom is 0.321 e. The number of benzene rings is 1. The van der Waals surface area contributed by atoms with E-state index >= 15 is 0 Å². The maximum atomic E-state index is 10.5. The Morgan fingerprint density at radius 1 is 1.47 bits per heavy atom. The third-order valence-corrected chi connectivity index (χ3v) is 3.40. The van der Waals surface area contributed by atoms with E-state index in [0.717, 1.165) is 17.9 Å². The molecule has 3 N–H and O–H groups in total. The van der Waals surface area contributed by atoms with E-state index in [9.17, 15) is 4.79 Å². The van der Waals surface area contributed by atoms with Crippen molar-refractivity contribution in [1.29, 1.82) is 0 Å². The van der Waals surface area contributed by atoms with E-state index in [-0.39, 0.29) is 0 Å². The molecule has 0 aliphatic heterocycles. The van der Waals surface area contributed by atoms with Gasteiger partial charge in [0.25, 0.3) is 0 Å². The molecule has 17 heavy (non-hydrogen) atoms. The SMILES string of the molecule is COc1ccc(CCSC[C@H](N)C(=O)O)cc1. The van der Waals surface area contributed by atoms with Crippen molar-refractivity contribution >= 4 is 17.7 Å². The summed E-state index contributed by atoms with van der Waals surface area (Å²) in [7, 11) is 1.64. The van der Waals surface area contributed by atoms with Crippen LogP contribution in [0.4, 0.5) is 0 Å². The predicted molar refractivity (Wildman–Crippen MR) is 69.6 cm³/mol. The topological polar surface area (TPSA) is 72.5 Å². The van der Waals surface area contributed by atoms with Gasteiger partial charge in [0.15, 0.2) is 0 Å². The molecule has 94 valence electrons. The Bertz CT molecular complexity index is 353. The number of aliphatic carboxylic acids is 1. The summed E-state index contributed by atoms with van der Waals surface area (Å²) >= 11 is 1.56. The molecule has 0 saturated heterocycles. The average molecular weight is 255 g/mol. The number of nitrogens with two attached hydrogens (primary N) is 1. The molecule has 0 aromatic heterocycles. The molecule has 1 aromatic carbocycles. The lowest BCUT2D eigenvalue weighted by atomic mass is 10.2. The normalized spacial score (nSPS) is 12.1. The van der Waals surface area contributed by atoms with Crippen molar-refractivity contribution < 1.29 is 14.6 Å². The summed E-state index contributed by atoms with van der Waals surface area (Å²) in [5.74, 6) is 1.22. The predicted octanol–water partition coefficient (Wildman–Crippen LogP) is 1.38. The lowest BCUT2D eigenvalue weighted by Crippen LogP contribution is -2.32. The zero-order valence-electron chi connectivity index (χ0n) is 9.76. The third-order valence-electron chi connectivity index (χ3n) is 2.31. The van der Waals surface area contributed by atoms with Crippen LogP contribution in [0.2, 0.25) is 0 Å². The van der Waals surface area contributed by atoms with Crippen LogP contribution >= 0.6 is 11.8 Å². The van der Waals surface area contributed by atoms with E-state index in [0.29, 0.717) is 5.75 Å². The van der Waals surface area contributed by atoms with Gasteiger partial charge in [-0.15, -0.1) is 0 Å². The quantitative estimate of drug-likeness (QED) is 0.720. The van der Waals surface area contributed by atoms with Crippen molar-refractivity contribution in [2.24, 2.45) is 5.73 Å². The lowest BCUT2D eigenvalue weighted by molar-refractivity contribution is -0.137. The Hall–Kier alpha value is -1.20. The number of carboxylic acids is 1. The van der Waals surface area contributed by atoms with Crippen LogP contribution in [0, 0.1) is 0 Å². The van der Waals surface area contributed by atoms with Crippen molar-refractivity contribution in [1.82, 2.24) is 0 Å². The highest BCUT2D eigenvalue weighted by Gasteiger charge is 2.10. The summed E-state index contributed by atoms with van der Waals surface area (Å²) in [6, 6.07) is 7.09. The lowest BCUT2D eigenvalue weighted by Gasteiger charge is -2.06. The summed E-state index contributed by atoms with van der Waals surface area (Å²) in [5.41, 5.74) is 6.61. The van der Waals surface area contributed by atoms with Crippen LogP contribution in [-0.2, 0) is 11.2 Å². The zero-order valence-corrected chi connectivity index (χ0v) is 10.6. The molecule has 0 heterocycles. The molecule has 0 saturated carbocycles. The average Bonchev–Trinajstić information content (AvgIpc) is 2.35. The first-order chi connectivity index (χ1) is 8.13. The van der Waals surface area contributed by atoms with Crippen LogP contribution in [0.15, 0.2) is 24.3 Å². The van der Waals surface area contributed by atoms with Gasteiger partial charge in [-0.05, 0) is 29.9 Å². The Morgan fingerprint density at radius 2 is 2.12 bits per heavy atom. The molecular formula is C12H17NO3S. The second-order valence-corrected chi connectivity index (χ2v) is 4.77. The first-order valence-electron chi connectivity index (χ1n) is 5.32. The Kier molecular flexibility index (Phi) is 5.86. The molecule has 1 aromatic rings. The van der Waals surface area contributed by atoms with Crippen LogP contribution in [0.1, 0.15) is 5.56 Å². The van der Waals surface area contributed by atoms with E-state index in [1.165, 1.54) is 5.56 Å². The molecule has 0 aliphatic carbocycles. The highest BCUT2D eigenvalue weighted by atomic mass is 32.2. The standard InChI is InChI=1S/C12H17NO3S/c1-16-10-4-2-9(3-5-10)6-7-17-8-11(13)12(14)15/h2-5,11H,6-8,13H2,1H3,(H,14,15)/t11-/m0/s1. The fourth-order valence-corrected chi connectivity index (χ4v) is 2.21. The van der Waals surface area contributed by atoms with E-state index in [1.54, 1.807) is 18.9 Å². The largest absolute Gasteiger partial charge is 0.497 e. The molecule has 0 unspecified atom stereocenters. The molecule has 1 atom stereocenters. The number of thioether (sulfide) groups is 1. The number of rotatable bonds is 7. The van der Waals surface area contributed by atoms with E-state index in [2.05, 4.69) is 0 Å². The molecule has 0 radical (unpaired) electrons. The van der Waals surface area contributed by atoms with Crippen molar-refractivity contribution in [3.63, 3.8) is 0 Å². The van der Waals surface area contributed by atoms with Crippen molar-refractivity contribution in [2.45, 2.75) is 12.5 Å². The van der Waals surface area contributed by atoms with Gasteiger partial charge in [-0.1, -0.05) is 12.1 Å². The van der Waals surface area contributed by atoms with E-state index < -0.39 is 12.0 Å². The molecule has 0 aliphatic rings. The van der Waals surface area contributed by atoms with Crippen LogP contribution in [-0.4, -0.2) is 35.7 Å². The van der Waals surface area contributed by atoms with Gasteiger partial charge in [-0.3, -0.25) is 4.79 Å². The molecular weight excluding hydrogens is 238 g/mol. The van der Waals surface area contributed by atoms with Gasteiger partial charge in [-0.25, -0.2) is 0 Å². The summed E-state index contributed by atoms with van der Waals surface area (Å²) < 4.78 is 5.07. The number of carbonyl (C=O) groups is 1. The number of methoxy groups -OCH3 is 1. The molecule has 0 spiro atoms. The van der Waals surface area contributed by atoms with Gasteiger partial charge in [-0.2, -0.15) is 11.8 Å². The minimum absolute atomic E-state index is 0.450. The second-order valence-electron chi connectivity index (χ2n) is 3.62. The molecule has 0 amide bonds. The second kappa shape index (κ2) is 7.19. The minimum Gasteiger partial charge on any atom is -0.497 e. The molecule has 1 rings (SSSR count). The van der Waals surface area contributed by atoms with Gasteiger partial charge >= 0.3 is 5.97 Å². The van der Waals surface area contributed by atoms with Crippen LogP contribution in [0.25, 0.3) is 0 Å². The highest BCUT2D eigenvalue weighted by molar-refractivity contribution is 7.99. The monoisotopic (exact) mass is 255 g/mol. The molecule has 0 bridgehead atoms.